The molecule has 29 heavy (non-hydrogen) atoms. The molecule has 0 radical (unpaired) electrons. The fourth-order valence-electron chi connectivity index (χ4n) is 2.36. The van der Waals surface area contributed by atoms with Gasteiger partial charge in [0.2, 0.25) is 11.6 Å². The molecule has 2 aromatic heterocycles. The van der Waals surface area contributed by atoms with Crippen LogP contribution < -0.4 is 16.2 Å². The lowest BCUT2D eigenvalue weighted by molar-refractivity contribution is -0.383. The molecule has 0 aliphatic heterocycles. The van der Waals surface area contributed by atoms with Crippen LogP contribution in [0.2, 0.25) is 0 Å². The second kappa shape index (κ2) is 8.52. The van der Waals surface area contributed by atoms with Gasteiger partial charge < -0.3 is 5.32 Å². The van der Waals surface area contributed by atoms with Gasteiger partial charge in [0.25, 0.3) is 5.91 Å². The Morgan fingerprint density at radius 3 is 2.52 bits per heavy atom. The third kappa shape index (κ3) is 4.66. The first-order valence-corrected chi connectivity index (χ1v) is 8.30. The smallest absolute Gasteiger partial charge is 0.334 e. The van der Waals surface area contributed by atoms with Crippen molar-refractivity contribution in [1.82, 2.24) is 20.4 Å². The number of carbonyl (C=O) groups excluding carboxylic acids is 2. The van der Waals surface area contributed by atoms with Crippen LogP contribution in [-0.4, -0.2) is 31.6 Å². The molecule has 0 aliphatic carbocycles. The summed E-state index contributed by atoms with van der Waals surface area (Å²) in [5.74, 6) is -1.08. The van der Waals surface area contributed by atoms with Crippen LogP contribution in [0.3, 0.4) is 0 Å². The number of ketones is 1. The molecule has 0 aliphatic rings. The molecular formula is C18H15N7O4. The number of rotatable bonds is 7. The highest BCUT2D eigenvalue weighted by Gasteiger charge is 2.24. The molecular weight excluding hydrogens is 378 g/mol. The molecule has 11 heteroatoms. The van der Waals surface area contributed by atoms with E-state index in [-0.39, 0.29) is 23.1 Å². The van der Waals surface area contributed by atoms with E-state index in [9.17, 15) is 19.7 Å². The second-order valence-corrected chi connectivity index (χ2v) is 5.73. The van der Waals surface area contributed by atoms with Gasteiger partial charge in [-0.3, -0.25) is 35.5 Å². The van der Waals surface area contributed by atoms with Gasteiger partial charge >= 0.3 is 5.69 Å². The van der Waals surface area contributed by atoms with Crippen LogP contribution in [-0.2, 0) is 0 Å². The van der Waals surface area contributed by atoms with Gasteiger partial charge in [-0.2, -0.15) is 0 Å². The number of pyridine rings is 1. The van der Waals surface area contributed by atoms with Gasteiger partial charge in [0, 0.05) is 17.4 Å². The number of nitro groups is 1. The summed E-state index contributed by atoms with van der Waals surface area (Å²) in [6.45, 7) is 1.42. The number of benzene rings is 1. The first-order chi connectivity index (χ1) is 14.0. The summed E-state index contributed by atoms with van der Waals surface area (Å²) in [5.41, 5.74) is 5.24. The van der Waals surface area contributed by atoms with Gasteiger partial charge in [0.05, 0.1) is 4.92 Å². The number of carbonyl (C=O) groups is 2. The Labute approximate surface area is 164 Å². The summed E-state index contributed by atoms with van der Waals surface area (Å²) in [4.78, 5) is 46.1. The van der Waals surface area contributed by atoms with Gasteiger partial charge in [-0.25, -0.2) is 9.97 Å². The lowest BCUT2D eigenvalue weighted by atomic mass is 10.1. The van der Waals surface area contributed by atoms with Crippen molar-refractivity contribution in [3.8, 4) is 0 Å². The Hall–Kier alpha value is -4.41. The molecule has 3 aromatic rings. The van der Waals surface area contributed by atoms with Crippen molar-refractivity contribution in [2.45, 2.75) is 6.92 Å². The van der Waals surface area contributed by atoms with Crippen LogP contribution in [0.4, 0.5) is 23.0 Å². The summed E-state index contributed by atoms with van der Waals surface area (Å²) < 4.78 is 0. The Morgan fingerprint density at radius 2 is 1.83 bits per heavy atom. The number of amides is 1. The molecule has 1 amide bonds. The fraction of sp³-hybridized carbons (Fsp3) is 0.0556. The summed E-state index contributed by atoms with van der Waals surface area (Å²) in [5, 5.41) is 14.4. The molecule has 2 heterocycles. The van der Waals surface area contributed by atoms with E-state index in [0.717, 1.165) is 6.33 Å². The van der Waals surface area contributed by atoms with E-state index in [2.05, 4.69) is 31.1 Å². The lowest BCUT2D eigenvalue weighted by Gasteiger charge is -2.11. The zero-order valence-electron chi connectivity index (χ0n) is 15.1. The molecule has 3 N–H and O–H groups in total. The van der Waals surface area contributed by atoms with Crippen molar-refractivity contribution in [3.05, 3.63) is 76.4 Å². The van der Waals surface area contributed by atoms with Gasteiger partial charge in [-0.1, -0.05) is 18.2 Å². The van der Waals surface area contributed by atoms with Crippen LogP contribution in [0, 0.1) is 10.1 Å². The quantitative estimate of drug-likeness (QED) is 0.312. The molecule has 1 aromatic carbocycles. The minimum absolute atomic E-state index is 0.111. The second-order valence-electron chi connectivity index (χ2n) is 5.73. The number of aromatic nitrogens is 3. The van der Waals surface area contributed by atoms with Gasteiger partial charge in [-0.05, 0) is 31.2 Å². The van der Waals surface area contributed by atoms with E-state index in [4.69, 9.17) is 0 Å². The number of nitrogens with zero attached hydrogens (tertiary/aromatic N) is 4. The maximum Gasteiger partial charge on any atom is 0.355 e. The third-order valence-electron chi connectivity index (χ3n) is 3.73. The van der Waals surface area contributed by atoms with Crippen molar-refractivity contribution >= 4 is 34.7 Å². The normalized spacial score (nSPS) is 10.1. The molecule has 0 spiro atoms. The molecule has 146 valence electrons. The first kappa shape index (κ1) is 19.4. The topological polar surface area (TPSA) is 152 Å². The standard InChI is InChI=1S/C18H15N7O4/c1-11(26)12-5-4-6-13(9-12)22-16-15(25(28)29)17(21-10-20-16)23-24-18(27)14-7-2-3-8-19-14/h2-10H,1H3,(H,24,27)(H2,20,21,22,23). The Balaban J connectivity index is 1.84. The van der Waals surface area contributed by atoms with Gasteiger partial charge in [0.1, 0.15) is 12.0 Å². The predicted octanol–water partition coefficient (Wildman–Crippen LogP) is 2.48. The molecule has 0 unspecified atom stereocenters. The number of hydrazine groups is 1. The molecule has 0 saturated heterocycles. The summed E-state index contributed by atoms with van der Waals surface area (Å²) >= 11 is 0. The average Bonchev–Trinajstić information content (AvgIpc) is 2.72. The minimum atomic E-state index is -0.688. The number of Topliss-reactive ketones (excluding diaryl/α,β-unsaturated/α-hetero) is 1. The molecule has 3 rings (SSSR count). The van der Waals surface area contributed by atoms with Gasteiger partial charge in [0.15, 0.2) is 5.78 Å². The summed E-state index contributed by atoms with van der Waals surface area (Å²) in [6, 6.07) is 11.2. The van der Waals surface area contributed by atoms with E-state index in [0.29, 0.717) is 11.3 Å². The van der Waals surface area contributed by atoms with E-state index < -0.39 is 16.5 Å². The monoisotopic (exact) mass is 393 g/mol. The molecule has 0 atom stereocenters. The maximum atomic E-state index is 12.1. The molecule has 0 fully saturated rings. The number of anilines is 3. The van der Waals surface area contributed by atoms with Crippen LogP contribution in [0.25, 0.3) is 0 Å². The summed E-state index contributed by atoms with van der Waals surface area (Å²) in [7, 11) is 0. The van der Waals surface area contributed by atoms with Crippen molar-refractivity contribution in [1.29, 1.82) is 0 Å². The zero-order chi connectivity index (χ0) is 20.8. The molecule has 0 saturated carbocycles. The number of hydrogen-bond donors (Lipinski definition) is 3. The molecule has 0 bridgehead atoms. The van der Waals surface area contributed by atoms with Crippen LogP contribution in [0.15, 0.2) is 55.0 Å². The first-order valence-electron chi connectivity index (χ1n) is 8.30. The van der Waals surface area contributed by atoms with E-state index in [1.807, 2.05) is 0 Å². The fourth-order valence-corrected chi connectivity index (χ4v) is 2.36. The van der Waals surface area contributed by atoms with Gasteiger partial charge in [-0.15, -0.1) is 0 Å². The molecule has 11 nitrogen and oxygen atoms in total. The Morgan fingerprint density at radius 1 is 1.03 bits per heavy atom. The van der Waals surface area contributed by atoms with E-state index in [1.165, 1.54) is 19.2 Å². The Kier molecular flexibility index (Phi) is 5.69. The van der Waals surface area contributed by atoms with Crippen LogP contribution >= 0.6 is 0 Å². The summed E-state index contributed by atoms with van der Waals surface area (Å²) in [6.07, 6.45) is 2.54. The van der Waals surface area contributed by atoms with E-state index in [1.54, 1.807) is 36.4 Å². The minimum Gasteiger partial charge on any atom is -0.334 e. The average molecular weight is 393 g/mol. The third-order valence-corrected chi connectivity index (χ3v) is 3.73. The van der Waals surface area contributed by atoms with Crippen molar-refractivity contribution in [2.75, 3.05) is 10.7 Å². The predicted molar refractivity (Wildman–Crippen MR) is 104 cm³/mol. The van der Waals surface area contributed by atoms with Crippen molar-refractivity contribution in [3.63, 3.8) is 0 Å². The largest absolute Gasteiger partial charge is 0.355 e. The van der Waals surface area contributed by atoms with Crippen molar-refractivity contribution in [2.24, 2.45) is 0 Å². The van der Waals surface area contributed by atoms with E-state index >= 15 is 0 Å². The number of hydrogen-bond acceptors (Lipinski definition) is 9. The number of nitrogens with one attached hydrogen (secondary N) is 3. The lowest BCUT2D eigenvalue weighted by Crippen LogP contribution is -2.31. The van der Waals surface area contributed by atoms with Crippen molar-refractivity contribution < 1.29 is 14.5 Å². The Bertz CT molecular complexity index is 1070. The SMILES string of the molecule is CC(=O)c1cccc(Nc2ncnc(NNC(=O)c3ccccn3)c2[N+](=O)[O-])c1. The van der Waals surface area contributed by atoms with Crippen LogP contribution in [0.5, 0.6) is 0 Å². The maximum absolute atomic E-state index is 12.1. The zero-order valence-corrected chi connectivity index (χ0v) is 15.1. The highest BCUT2D eigenvalue weighted by molar-refractivity contribution is 5.95. The highest BCUT2D eigenvalue weighted by atomic mass is 16.6. The highest BCUT2D eigenvalue weighted by Crippen LogP contribution is 2.30. The van der Waals surface area contributed by atoms with Crippen LogP contribution in [0.1, 0.15) is 27.8 Å².